The number of thioether (sulfide) groups is 1. The number of tetrazole rings is 1. The van der Waals surface area contributed by atoms with Gasteiger partial charge in [-0.3, -0.25) is 4.79 Å². The van der Waals surface area contributed by atoms with Gasteiger partial charge in [-0.05, 0) is 72.7 Å². The number of hydrogen-bond donors (Lipinski definition) is 1. The normalized spacial score (nSPS) is 20.1. The van der Waals surface area contributed by atoms with E-state index in [1.54, 1.807) is 4.68 Å². The Labute approximate surface area is 156 Å². The molecule has 1 amide bonds. The molecule has 2 aromatic rings. The standard InChI is InChI=1S/C18H23N5O2S/c1-12(17(24)19-15-8-7-13-4-2-5-14(13)10-15)26-18-20-21-22-23(18)11-16-6-3-9-25-16/h7-8,10,12,16H,2-6,9,11H2,1H3,(H,19,24)/t12-,16+/m1/s1. The van der Waals surface area contributed by atoms with Gasteiger partial charge in [0.15, 0.2) is 0 Å². The van der Waals surface area contributed by atoms with Crippen LogP contribution >= 0.6 is 11.8 Å². The SMILES string of the molecule is C[C@@H](Sc1nnnn1C[C@@H]1CCCO1)C(=O)Nc1ccc2c(c1)CCC2. The second-order valence-corrected chi connectivity index (χ2v) is 8.17. The molecule has 7 nitrogen and oxygen atoms in total. The third-order valence-electron chi connectivity index (χ3n) is 4.92. The van der Waals surface area contributed by atoms with Gasteiger partial charge in [0, 0.05) is 12.3 Å². The van der Waals surface area contributed by atoms with Crippen molar-refractivity contribution >= 4 is 23.4 Å². The zero-order valence-electron chi connectivity index (χ0n) is 14.9. The molecular weight excluding hydrogens is 350 g/mol. The lowest BCUT2D eigenvalue weighted by atomic mass is 10.1. The van der Waals surface area contributed by atoms with Gasteiger partial charge in [0.2, 0.25) is 11.1 Å². The van der Waals surface area contributed by atoms with E-state index in [0.717, 1.165) is 38.0 Å². The van der Waals surface area contributed by atoms with E-state index in [1.165, 1.54) is 29.3 Å². The highest BCUT2D eigenvalue weighted by molar-refractivity contribution is 8.00. The molecule has 2 atom stereocenters. The van der Waals surface area contributed by atoms with Crippen LogP contribution in [0.3, 0.4) is 0 Å². The molecule has 138 valence electrons. The Morgan fingerprint density at radius 3 is 3.12 bits per heavy atom. The minimum absolute atomic E-state index is 0.0420. The Morgan fingerprint density at radius 2 is 2.27 bits per heavy atom. The van der Waals surface area contributed by atoms with Crippen LogP contribution in [0.15, 0.2) is 23.4 Å². The molecule has 1 aliphatic carbocycles. The maximum Gasteiger partial charge on any atom is 0.237 e. The van der Waals surface area contributed by atoms with E-state index in [0.29, 0.717) is 11.7 Å². The Hall–Kier alpha value is -1.93. The molecule has 0 radical (unpaired) electrons. The minimum atomic E-state index is -0.294. The molecule has 1 fully saturated rings. The topological polar surface area (TPSA) is 81.9 Å². The number of carbonyl (C=O) groups excluding carboxylic acids is 1. The van der Waals surface area contributed by atoms with Crippen molar-refractivity contribution in [2.24, 2.45) is 0 Å². The fraction of sp³-hybridized carbons (Fsp3) is 0.556. The number of anilines is 1. The monoisotopic (exact) mass is 373 g/mol. The van der Waals surface area contributed by atoms with Gasteiger partial charge in [-0.2, -0.15) is 0 Å². The molecule has 0 bridgehead atoms. The number of ether oxygens (including phenoxy) is 1. The minimum Gasteiger partial charge on any atom is -0.376 e. The third-order valence-corrected chi connectivity index (χ3v) is 5.99. The maximum atomic E-state index is 12.6. The number of aromatic nitrogens is 4. The Bertz CT molecular complexity index is 788. The highest BCUT2D eigenvalue weighted by atomic mass is 32.2. The van der Waals surface area contributed by atoms with Gasteiger partial charge in [-0.15, -0.1) is 5.10 Å². The summed E-state index contributed by atoms with van der Waals surface area (Å²) in [5.74, 6) is -0.0420. The van der Waals surface area contributed by atoms with E-state index >= 15 is 0 Å². The van der Waals surface area contributed by atoms with Crippen LogP contribution in [0.5, 0.6) is 0 Å². The van der Waals surface area contributed by atoms with E-state index in [4.69, 9.17) is 4.74 Å². The van der Waals surface area contributed by atoms with Crippen molar-refractivity contribution in [2.45, 2.75) is 62.1 Å². The van der Waals surface area contributed by atoms with E-state index in [2.05, 4.69) is 33.0 Å². The molecule has 0 unspecified atom stereocenters. The molecule has 1 aromatic carbocycles. The summed E-state index contributed by atoms with van der Waals surface area (Å²) in [5.41, 5.74) is 3.62. The fourth-order valence-corrected chi connectivity index (χ4v) is 4.28. The number of amides is 1. The lowest BCUT2D eigenvalue weighted by molar-refractivity contribution is -0.115. The van der Waals surface area contributed by atoms with Crippen molar-refractivity contribution in [3.05, 3.63) is 29.3 Å². The molecule has 1 N–H and O–H groups in total. The zero-order chi connectivity index (χ0) is 17.9. The van der Waals surface area contributed by atoms with Gasteiger partial charge in [0.05, 0.1) is 17.9 Å². The smallest absolute Gasteiger partial charge is 0.237 e. The molecule has 1 aliphatic heterocycles. The summed E-state index contributed by atoms with van der Waals surface area (Å²) in [6, 6.07) is 6.21. The number of hydrogen-bond acceptors (Lipinski definition) is 6. The number of nitrogens with zero attached hydrogens (tertiary/aromatic N) is 4. The van der Waals surface area contributed by atoms with Crippen molar-refractivity contribution in [3.8, 4) is 0 Å². The van der Waals surface area contributed by atoms with Crippen LogP contribution in [-0.2, 0) is 28.9 Å². The second-order valence-electron chi connectivity index (χ2n) is 6.86. The van der Waals surface area contributed by atoms with Gasteiger partial charge < -0.3 is 10.1 Å². The van der Waals surface area contributed by atoms with E-state index < -0.39 is 0 Å². The molecule has 0 spiro atoms. The van der Waals surface area contributed by atoms with E-state index in [-0.39, 0.29) is 17.3 Å². The third kappa shape index (κ3) is 3.91. The molecule has 4 rings (SSSR count). The molecule has 26 heavy (non-hydrogen) atoms. The number of carbonyl (C=O) groups is 1. The molecular formula is C18H23N5O2S. The van der Waals surface area contributed by atoms with Crippen LogP contribution in [0, 0.1) is 0 Å². The van der Waals surface area contributed by atoms with Crippen LogP contribution in [0.2, 0.25) is 0 Å². The van der Waals surface area contributed by atoms with Crippen molar-refractivity contribution in [1.29, 1.82) is 0 Å². The molecule has 8 heteroatoms. The van der Waals surface area contributed by atoms with E-state index in [9.17, 15) is 4.79 Å². The first-order valence-corrected chi connectivity index (χ1v) is 10.0. The van der Waals surface area contributed by atoms with Crippen molar-refractivity contribution in [2.75, 3.05) is 11.9 Å². The summed E-state index contributed by atoms with van der Waals surface area (Å²) in [6.45, 7) is 3.31. The average molecular weight is 373 g/mol. The highest BCUT2D eigenvalue weighted by Gasteiger charge is 2.22. The summed E-state index contributed by atoms with van der Waals surface area (Å²) in [7, 11) is 0. The van der Waals surface area contributed by atoms with Gasteiger partial charge in [0.1, 0.15) is 0 Å². The lowest BCUT2D eigenvalue weighted by Crippen LogP contribution is -2.23. The maximum absolute atomic E-state index is 12.6. The van der Waals surface area contributed by atoms with Crippen LogP contribution < -0.4 is 5.32 Å². The van der Waals surface area contributed by atoms with Gasteiger partial charge in [0.25, 0.3) is 0 Å². The predicted octanol–water partition coefficient (Wildman–Crippen LogP) is 2.46. The first-order chi connectivity index (χ1) is 12.7. The molecule has 0 saturated carbocycles. The number of benzene rings is 1. The molecule has 1 aromatic heterocycles. The van der Waals surface area contributed by atoms with E-state index in [1.807, 2.05) is 13.0 Å². The van der Waals surface area contributed by atoms with Crippen LogP contribution in [0.4, 0.5) is 5.69 Å². The first-order valence-electron chi connectivity index (χ1n) is 9.16. The van der Waals surface area contributed by atoms with Crippen LogP contribution in [-0.4, -0.2) is 44.1 Å². The Morgan fingerprint density at radius 1 is 1.38 bits per heavy atom. The van der Waals surface area contributed by atoms with Gasteiger partial charge in [-0.25, -0.2) is 4.68 Å². The highest BCUT2D eigenvalue weighted by Crippen LogP contribution is 2.26. The molecule has 2 aliphatic rings. The van der Waals surface area contributed by atoms with Gasteiger partial charge >= 0.3 is 0 Å². The largest absolute Gasteiger partial charge is 0.376 e. The quantitative estimate of drug-likeness (QED) is 0.784. The molecule has 2 heterocycles. The Balaban J connectivity index is 1.36. The summed E-state index contributed by atoms with van der Waals surface area (Å²) < 4.78 is 7.38. The summed E-state index contributed by atoms with van der Waals surface area (Å²) in [6.07, 6.45) is 5.71. The summed E-state index contributed by atoms with van der Waals surface area (Å²) in [4.78, 5) is 12.6. The molecule has 1 saturated heterocycles. The van der Waals surface area contributed by atoms with Crippen LogP contribution in [0.25, 0.3) is 0 Å². The number of nitrogens with one attached hydrogen (secondary N) is 1. The second kappa shape index (κ2) is 7.75. The number of rotatable bonds is 6. The zero-order valence-corrected chi connectivity index (χ0v) is 15.7. The number of aryl methyl sites for hydroxylation is 2. The van der Waals surface area contributed by atoms with Crippen molar-refractivity contribution in [1.82, 2.24) is 20.2 Å². The number of fused-ring (bicyclic) bond motifs is 1. The fourth-order valence-electron chi connectivity index (χ4n) is 3.48. The summed E-state index contributed by atoms with van der Waals surface area (Å²) in [5, 5.41) is 15.2. The average Bonchev–Trinajstić information content (AvgIpc) is 3.37. The Kier molecular flexibility index (Phi) is 5.21. The summed E-state index contributed by atoms with van der Waals surface area (Å²) >= 11 is 1.37. The first kappa shape index (κ1) is 17.5. The van der Waals surface area contributed by atoms with Gasteiger partial charge in [-0.1, -0.05) is 17.8 Å². The lowest BCUT2D eigenvalue weighted by Gasteiger charge is -2.14. The van der Waals surface area contributed by atoms with Crippen molar-refractivity contribution in [3.63, 3.8) is 0 Å². The predicted molar refractivity (Wildman–Crippen MR) is 99.2 cm³/mol. The van der Waals surface area contributed by atoms with Crippen molar-refractivity contribution < 1.29 is 9.53 Å². The van der Waals surface area contributed by atoms with Crippen LogP contribution in [0.1, 0.15) is 37.3 Å².